The van der Waals surface area contributed by atoms with Gasteiger partial charge >= 0.3 is 5.97 Å². The molecule has 0 aliphatic carbocycles. The van der Waals surface area contributed by atoms with Gasteiger partial charge in [0.25, 0.3) is 0 Å². The fourth-order valence-corrected chi connectivity index (χ4v) is 6.26. The van der Waals surface area contributed by atoms with Crippen LogP contribution in [-0.4, -0.2) is 65.5 Å². The SMILES string of the molecule is C=CCOC[C@H]1C[C@@H](n2nc(CC(=O)O)c3ccc(F)cc32)CN1S(=O)(=O)c1ccc(OC(C)C)cc1. The molecule has 0 spiro atoms. The first-order chi connectivity index (χ1) is 17.6. The largest absolute Gasteiger partial charge is 0.491 e. The molecule has 1 saturated heterocycles. The van der Waals surface area contributed by atoms with Crippen LogP contribution in [0.25, 0.3) is 10.9 Å². The second kappa shape index (κ2) is 11.0. The molecular formula is C26H30FN3O6S. The highest BCUT2D eigenvalue weighted by Gasteiger charge is 2.42. The molecule has 1 fully saturated rings. The van der Waals surface area contributed by atoms with Crippen LogP contribution in [0, 0.1) is 5.82 Å². The molecule has 4 rings (SSSR count). The standard InChI is InChI=1S/C26H30FN3O6S/c1-4-11-35-16-20-13-19(30-25-12-18(27)5-10-23(25)24(28-30)14-26(31)32)15-29(20)37(33,34)22-8-6-21(7-9-22)36-17(2)3/h4-10,12,17,19-20H,1,11,13-16H2,2-3H3,(H,31,32)/t19-,20-/m1/s1. The van der Waals surface area contributed by atoms with E-state index < -0.39 is 33.9 Å². The summed E-state index contributed by atoms with van der Waals surface area (Å²) >= 11 is 0. The Balaban J connectivity index is 1.69. The zero-order chi connectivity index (χ0) is 26.7. The van der Waals surface area contributed by atoms with Gasteiger partial charge in [-0.3, -0.25) is 9.48 Å². The Bertz CT molecular complexity index is 1390. The van der Waals surface area contributed by atoms with Crippen LogP contribution in [0.3, 0.4) is 0 Å². The molecule has 2 atom stereocenters. The van der Waals surface area contributed by atoms with Crippen LogP contribution in [0.2, 0.25) is 0 Å². The maximum absolute atomic E-state index is 14.2. The number of carboxylic acid groups (broad SMARTS) is 1. The van der Waals surface area contributed by atoms with Crippen molar-refractivity contribution in [1.82, 2.24) is 14.1 Å². The van der Waals surface area contributed by atoms with E-state index in [4.69, 9.17) is 9.47 Å². The molecule has 0 saturated carbocycles. The fourth-order valence-electron chi connectivity index (χ4n) is 4.60. The van der Waals surface area contributed by atoms with Crippen molar-refractivity contribution < 1.29 is 32.2 Å². The lowest BCUT2D eigenvalue weighted by Crippen LogP contribution is -2.38. The maximum Gasteiger partial charge on any atom is 0.309 e. The highest BCUT2D eigenvalue weighted by Crippen LogP contribution is 2.35. The number of carboxylic acids is 1. The van der Waals surface area contributed by atoms with Crippen LogP contribution in [0.4, 0.5) is 4.39 Å². The number of sulfonamides is 1. The van der Waals surface area contributed by atoms with E-state index in [0.29, 0.717) is 28.8 Å². The Labute approximate surface area is 215 Å². The van der Waals surface area contributed by atoms with Crippen molar-refractivity contribution in [3.05, 3.63) is 66.6 Å². The first-order valence-electron chi connectivity index (χ1n) is 12.0. The molecule has 11 heteroatoms. The second-order valence-electron chi connectivity index (χ2n) is 9.21. The van der Waals surface area contributed by atoms with Crippen LogP contribution >= 0.6 is 0 Å². The number of aromatic nitrogens is 2. The van der Waals surface area contributed by atoms with Gasteiger partial charge in [-0.05, 0) is 62.7 Å². The van der Waals surface area contributed by atoms with E-state index in [1.165, 1.54) is 34.6 Å². The molecule has 2 heterocycles. The van der Waals surface area contributed by atoms with E-state index in [1.807, 2.05) is 13.8 Å². The molecule has 3 aromatic rings. The number of benzene rings is 2. The second-order valence-corrected chi connectivity index (χ2v) is 11.1. The average molecular weight is 532 g/mol. The summed E-state index contributed by atoms with van der Waals surface area (Å²) in [4.78, 5) is 11.5. The number of ether oxygens (including phenoxy) is 2. The summed E-state index contributed by atoms with van der Waals surface area (Å²) in [7, 11) is -3.92. The van der Waals surface area contributed by atoms with Crippen molar-refractivity contribution in [2.24, 2.45) is 0 Å². The number of fused-ring (bicyclic) bond motifs is 1. The first-order valence-corrected chi connectivity index (χ1v) is 13.4. The molecule has 0 bridgehead atoms. The zero-order valence-corrected chi connectivity index (χ0v) is 21.5. The first kappa shape index (κ1) is 26.8. The average Bonchev–Trinajstić information content (AvgIpc) is 3.41. The number of rotatable bonds is 11. The van der Waals surface area contributed by atoms with Crippen molar-refractivity contribution in [1.29, 1.82) is 0 Å². The number of halogens is 1. The van der Waals surface area contributed by atoms with Crippen molar-refractivity contribution in [2.75, 3.05) is 19.8 Å². The molecule has 37 heavy (non-hydrogen) atoms. The molecule has 9 nitrogen and oxygen atoms in total. The highest BCUT2D eigenvalue weighted by molar-refractivity contribution is 7.89. The van der Waals surface area contributed by atoms with Gasteiger partial charge in [-0.25, -0.2) is 12.8 Å². The van der Waals surface area contributed by atoms with Crippen molar-refractivity contribution >= 4 is 26.9 Å². The molecule has 0 amide bonds. The number of nitrogens with zero attached hydrogens (tertiary/aromatic N) is 3. The van der Waals surface area contributed by atoms with E-state index in [2.05, 4.69) is 11.7 Å². The van der Waals surface area contributed by atoms with Gasteiger partial charge in [0.15, 0.2) is 0 Å². The summed E-state index contributed by atoms with van der Waals surface area (Å²) in [5.41, 5.74) is 0.713. The minimum atomic E-state index is -3.92. The summed E-state index contributed by atoms with van der Waals surface area (Å²) < 4.78 is 55.7. The Kier molecular flexibility index (Phi) is 7.96. The lowest BCUT2D eigenvalue weighted by molar-refractivity contribution is -0.136. The molecule has 1 aromatic heterocycles. The van der Waals surface area contributed by atoms with Crippen molar-refractivity contribution in [3.8, 4) is 5.75 Å². The topological polar surface area (TPSA) is 111 Å². The van der Waals surface area contributed by atoms with Crippen LogP contribution in [0.15, 0.2) is 60.0 Å². The summed E-state index contributed by atoms with van der Waals surface area (Å²) in [6.07, 6.45) is 1.55. The smallest absolute Gasteiger partial charge is 0.309 e. The van der Waals surface area contributed by atoms with E-state index in [0.717, 1.165) is 0 Å². The molecule has 1 aliphatic heterocycles. The van der Waals surface area contributed by atoms with E-state index in [1.54, 1.807) is 22.9 Å². The molecule has 1 N–H and O–H groups in total. The van der Waals surface area contributed by atoms with E-state index in [-0.39, 0.29) is 37.2 Å². The van der Waals surface area contributed by atoms with E-state index in [9.17, 15) is 22.7 Å². The van der Waals surface area contributed by atoms with Gasteiger partial charge in [-0.2, -0.15) is 9.40 Å². The van der Waals surface area contributed by atoms with Crippen molar-refractivity contribution in [2.45, 2.75) is 49.8 Å². The van der Waals surface area contributed by atoms with Crippen LogP contribution in [0.5, 0.6) is 5.75 Å². The molecule has 1 aliphatic rings. The van der Waals surface area contributed by atoms with Crippen LogP contribution in [-0.2, 0) is 26.0 Å². The van der Waals surface area contributed by atoms with Gasteiger partial charge < -0.3 is 14.6 Å². The summed E-state index contributed by atoms with van der Waals surface area (Å²) in [5, 5.41) is 14.3. The number of hydrogen-bond donors (Lipinski definition) is 1. The maximum atomic E-state index is 14.2. The van der Waals surface area contributed by atoms with Gasteiger partial charge in [-0.15, -0.1) is 6.58 Å². The van der Waals surface area contributed by atoms with E-state index >= 15 is 0 Å². The Morgan fingerprint density at radius 1 is 1.27 bits per heavy atom. The molecular weight excluding hydrogens is 501 g/mol. The predicted molar refractivity (Wildman–Crippen MR) is 136 cm³/mol. The Morgan fingerprint density at radius 3 is 2.65 bits per heavy atom. The van der Waals surface area contributed by atoms with Gasteiger partial charge in [0.1, 0.15) is 11.6 Å². The normalized spacial score (nSPS) is 18.5. The minimum absolute atomic E-state index is 0.0482. The fraction of sp³-hybridized carbons (Fsp3) is 0.385. The van der Waals surface area contributed by atoms with Crippen LogP contribution < -0.4 is 4.74 Å². The van der Waals surface area contributed by atoms with Gasteiger partial charge in [0.2, 0.25) is 10.0 Å². The third-order valence-electron chi connectivity index (χ3n) is 6.10. The number of carbonyl (C=O) groups is 1. The molecule has 198 valence electrons. The number of hydrogen-bond acceptors (Lipinski definition) is 6. The van der Waals surface area contributed by atoms with Crippen molar-refractivity contribution in [3.63, 3.8) is 0 Å². The lowest BCUT2D eigenvalue weighted by Gasteiger charge is -2.23. The number of aliphatic carboxylic acids is 1. The van der Waals surface area contributed by atoms with Crippen LogP contribution in [0.1, 0.15) is 32.0 Å². The van der Waals surface area contributed by atoms with Gasteiger partial charge in [-0.1, -0.05) is 6.08 Å². The summed E-state index contributed by atoms with van der Waals surface area (Å²) in [5.74, 6) is -0.991. The molecule has 0 unspecified atom stereocenters. The van der Waals surface area contributed by atoms with Gasteiger partial charge in [0.05, 0.1) is 53.9 Å². The summed E-state index contributed by atoms with van der Waals surface area (Å²) in [6.45, 7) is 7.86. The lowest BCUT2D eigenvalue weighted by atomic mass is 10.1. The monoisotopic (exact) mass is 531 g/mol. The Hall–Kier alpha value is -3.28. The third-order valence-corrected chi connectivity index (χ3v) is 8.03. The zero-order valence-electron chi connectivity index (χ0n) is 20.7. The highest BCUT2D eigenvalue weighted by atomic mass is 32.2. The molecule has 2 aromatic carbocycles. The Morgan fingerprint density at radius 2 is 2.00 bits per heavy atom. The predicted octanol–water partition coefficient (Wildman–Crippen LogP) is 3.80. The minimum Gasteiger partial charge on any atom is -0.491 e. The third kappa shape index (κ3) is 5.84. The van der Waals surface area contributed by atoms with Gasteiger partial charge in [0, 0.05) is 11.9 Å². The summed E-state index contributed by atoms with van der Waals surface area (Å²) in [6, 6.07) is 9.32. The molecule has 0 radical (unpaired) electrons. The quantitative estimate of drug-likeness (QED) is 0.296.